The molecular formula is C53H101NO5. The Kier molecular flexibility index (Phi) is 46.1. The number of ether oxygens (including phenoxy) is 1. The highest BCUT2D eigenvalue weighted by Gasteiger charge is 2.24. The Morgan fingerprint density at radius 3 is 1.24 bits per heavy atom. The van der Waals surface area contributed by atoms with Crippen LogP contribution in [0.25, 0.3) is 0 Å². The van der Waals surface area contributed by atoms with Gasteiger partial charge in [-0.3, -0.25) is 9.59 Å². The van der Waals surface area contributed by atoms with E-state index in [-0.39, 0.29) is 24.9 Å². The number of aliphatic hydroxyl groups is 2. The lowest BCUT2D eigenvalue weighted by Crippen LogP contribution is -2.46. The minimum atomic E-state index is -0.791. The van der Waals surface area contributed by atoms with Crippen LogP contribution in [-0.4, -0.2) is 46.9 Å². The molecule has 0 saturated heterocycles. The van der Waals surface area contributed by atoms with E-state index in [0.29, 0.717) is 19.3 Å². The first kappa shape index (κ1) is 57.3. The minimum absolute atomic E-state index is 0.0571. The first-order valence-electron chi connectivity index (χ1n) is 26.1. The molecule has 0 aliphatic heterocycles. The molecule has 6 nitrogen and oxygen atoms in total. The highest BCUT2D eigenvalue weighted by Crippen LogP contribution is 2.17. The van der Waals surface area contributed by atoms with Crippen molar-refractivity contribution < 1.29 is 24.5 Å². The first-order chi connectivity index (χ1) is 29.0. The van der Waals surface area contributed by atoms with Crippen LogP contribution in [0.3, 0.4) is 0 Å². The molecular weight excluding hydrogens is 731 g/mol. The number of allylic oxidation sites excluding steroid dienone is 4. The van der Waals surface area contributed by atoms with Gasteiger partial charge in [0.2, 0.25) is 5.91 Å². The van der Waals surface area contributed by atoms with Gasteiger partial charge in [-0.25, -0.2) is 0 Å². The van der Waals surface area contributed by atoms with Crippen LogP contribution >= 0.6 is 0 Å². The van der Waals surface area contributed by atoms with Crippen molar-refractivity contribution in [3.63, 3.8) is 0 Å². The van der Waals surface area contributed by atoms with E-state index in [1.54, 1.807) is 0 Å². The molecule has 0 heterocycles. The molecule has 0 saturated carbocycles. The Bertz CT molecular complexity index is 935. The maximum atomic E-state index is 13.2. The van der Waals surface area contributed by atoms with Crippen molar-refractivity contribution in [1.82, 2.24) is 5.32 Å². The van der Waals surface area contributed by atoms with Crippen molar-refractivity contribution >= 4 is 11.9 Å². The molecule has 0 aromatic heterocycles. The van der Waals surface area contributed by atoms with E-state index in [2.05, 4.69) is 50.4 Å². The van der Waals surface area contributed by atoms with Gasteiger partial charge in [-0.15, -0.1) is 0 Å². The summed E-state index contributed by atoms with van der Waals surface area (Å²) in [6, 6.07) is -0.706. The second-order valence-electron chi connectivity index (χ2n) is 17.9. The highest BCUT2D eigenvalue weighted by atomic mass is 16.5. The lowest BCUT2D eigenvalue weighted by Gasteiger charge is -2.24. The van der Waals surface area contributed by atoms with E-state index in [0.717, 1.165) is 64.2 Å². The SMILES string of the molecule is CCCCCCCCC/C=C\CCCC(CC(=O)NC(CO)C(O)CCCCCCCCCCCC)OC(=O)CCCCCCC/C=C/CCCCCCCCCCC. The second kappa shape index (κ2) is 47.4. The number of aliphatic hydroxyl groups excluding tert-OH is 2. The van der Waals surface area contributed by atoms with Gasteiger partial charge in [0.1, 0.15) is 6.10 Å². The lowest BCUT2D eigenvalue weighted by atomic mass is 10.0. The van der Waals surface area contributed by atoms with E-state index < -0.39 is 18.2 Å². The zero-order valence-electron chi connectivity index (χ0n) is 39.7. The van der Waals surface area contributed by atoms with Crippen molar-refractivity contribution in [2.24, 2.45) is 0 Å². The van der Waals surface area contributed by atoms with Crippen molar-refractivity contribution in [1.29, 1.82) is 0 Å². The summed E-state index contributed by atoms with van der Waals surface area (Å²) in [7, 11) is 0. The summed E-state index contributed by atoms with van der Waals surface area (Å²) in [4.78, 5) is 26.1. The molecule has 0 aromatic rings. The fourth-order valence-corrected chi connectivity index (χ4v) is 8.01. The normalized spacial score (nSPS) is 13.4. The Morgan fingerprint density at radius 1 is 0.475 bits per heavy atom. The van der Waals surface area contributed by atoms with Crippen molar-refractivity contribution in [3.05, 3.63) is 24.3 Å². The molecule has 348 valence electrons. The Labute approximate surface area is 367 Å². The molecule has 0 rings (SSSR count). The van der Waals surface area contributed by atoms with E-state index in [1.165, 1.54) is 167 Å². The molecule has 0 aliphatic rings. The minimum Gasteiger partial charge on any atom is -0.462 e. The van der Waals surface area contributed by atoms with Gasteiger partial charge in [0.25, 0.3) is 0 Å². The van der Waals surface area contributed by atoms with Crippen LogP contribution in [0.5, 0.6) is 0 Å². The Balaban J connectivity index is 4.53. The largest absolute Gasteiger partial charge is 0.462 e. The van der Waals surface area contributed by atoms with E-state index >= 15 is 0 Å². The van der Waals surface area contributed by atoms with Gasteiger partial charge in [0.05, 0.1) is 25.2 Å². The second-order valence-corrected chi connectivity index (χ2v) is 17.9. The number of esters is 1. The molecule has 3 unspecified atom stereocenters. The fraction of sp³-hybridized carbons (Fsp3) is 0.887. The summed E-state index contributed by atoms with van der Waals surface area (Å²) in [5.74, 6) is -0.503. The van der Waals surface area contributed by atoms with Crippen LogP contribution in [0.1, 0.15) is 278 Å². The third-order valence-corrected chi connectivity index (χ3v) is 12.0. The molecule has 0 spiro atoms. The molecule has 0 fully saturated rings. The highest BCUT2D eigenvalue weighted by molar-refractivity contribution is 5.77. The zero-order valence-corrected chi connectivity index (χ0v) is 39.7. The molecule has 0 bridgehead atoms. The molecule has 0 radical (unpaired) electrons. The first-order valence-corrected chi connectivity index (χ1v) is 26.1. The number of unbranched alkanes of at least 4 members (excludes halogenated alkanes) is 31. The van der Waals surface area contributed by atoms with E-state index in [1.807, 2.05) is 0 Å². The summed E-state index contributed by atoms with van der Waals surface area (Å²) in [6.07, 6.45) is 53.9. The van der Waals surface area contributed by atoms with Crippen LogP contribution in [0, 0.1) is 0 Å². The maximum absolute atomic E-state index is 13.2. The summed E-state index contributed by atoms with van der Waals surface area (Å²) >= 11 is 0. The van der Waals surface area contributed by atoms with Crippen LogP contribution in [0.15, 0.2) is 24.3 Å². The molecule has 0 aromatic carbocycles. The standard InChI is InChI=1S/C53H101NO5/c1-4-7-10-13-16-19-22-24-25-26-27-28-29-31-34-37-40-43-46-53(58)59-49(44-41-38-35-32-30-23-20-17-14-11-8-5-2)47-52(57)54-50(48-55)51(56)45-42-39-36-33-21-18-15-12-9-6-3/h27-28,32,35,49-51,55-56H,4-26,29-31,33-34,36-48H2,1-3H3,(H,54,57)/b28-27+,35-32-. The number of rotatable bonds is 47. The van der Waals surface area contributed by atoms with Gasteiger partial charge in [-0.05, 0) is 70.6 Å². The Hall–Kier alpha value is -1.66. The number of carbonyl (C=O) groups is 2. The lowest BCUT2D eigenvalue weighted by molar-refractivity contribution is -0.151. The van der Waals surface area contributed by atoms with Gasteiger partial charge >= 0.3 is 5.97 Å². The summed E-state index contributed by atoms with van der Waals surface area (Å²) < 4.78 is 5.91. The monoisotopic (exact) mass is 832 g/mol. The van der Waals surface area contributed by atoms with Crippen LogP contribution in [0.4, 0.5) is 0 Å². The summed E-state index contributed by atoms with van der Waals surface area (Å²) in [5.41, 5.74) is 0. The smallest absolute Gasteiger partial charge is 0.306 e. The average molecular weight is 832 g/mol. The van der Waals surface area contributed by atoms with Gasteiger partial charge in [0.15, 0.2) is 0 Å². The Morgan fingerprint density at radius 2 is 0.831 bits per heavy atom. The van der Waals surface area contributed by atoms with Crippen LogP contribution in [0.2, 0.25) is 0 Å². The number of nitrogens with one attached hydrogen (secondary N) is 1. The molecule has 6 heteroatoms. The number of amides is 1. The summed E-state index contributed by atoms with van der Waals surface area (Å²) in [5, 5.41) is 23.7. The van der Waals surface area contributed by atoms with Gasteiger partial charge < -0.3 is 20.3 Å². The van der Waals surface area contributed by atoms with Crippen LogP contribution < -0.4 is 5.32 Å². The third-order valence-electron chi connectivity index (χ3n) is 12.0. The van der Waals surface area contributed by atoms with Crippen LogP contribution in [-0.2, 0) is 14.3 Å². The topological polar surface area (TPSA) is 95.9 Å². The van der Waals surface area contributed by atoms with Gasteiger partial charge in [-0.2, -0.15) is 0 Å². The van der Waals surface area contributed by atoms with Crippen molar-refractivity contribution in [2.45, 2.75) is 296 Å². The molecule has 59 heavy (non-hydrogen) atoms. The van der Waals surface area contributed by atoms with E-state index in [4.69, 9.17) is 4.74 Å². The fourth-order valence-electron chi connectivity index (χ4n) is 8.01. The van der Waals surface area contributed by atoms with Crippen molar-refractivity contribution in [3.8, 4) is 0 Å². The number of hydrogen-bond acceptors (Lipinski definition) is 5. The summed E-state index contributed by atoms with van der Waals surface area (Å²) in [6.45, 7) is 6.47. The maximum Gasteiger partial charge on any atom is 0.306 e. The predicted octanol–water partition coefficient (Wildman–Crippen LogP) is 15.5. The van der Waals surface area contributed by atoms with Gasteiger partial charge in [-0.1, -0.05) is 218 Å². The molecule has 1 amide bonds. The zero-order chi connectivity index (χ0) is 43.1. The van der Waals surface area contributed by atoms with Crippen molar-refractivity contribution in [2.75, 3.05) is 6.61 Å². The molecule has 0 aliphatic carbocycles. The predicted molar refractivity (Wildman–Crippen MR) is 255 cm³/mol. The number of hydrogen-bond donors (Lipinski definition) is 3. The molecule has 3 atom stereocenters. The van der Waals surface area contributed by atoms with E-state index in [9.17, 15) is 19.8 Å². The average Bonchev–Trinajstić information content (AvgIpc) is 3.23. The quantitative estimate of drug-likeness (QED) is 0.0322. The third kappa shape index (κ3) is 42.8. The molecule has 3 N–H and O–H groups in total. The number of carbonyl (C=O) groups excluding carboxylic acids is 2. The van der Waals surface area contributed by atoms with Gasteiger partial charge in [0, 0.05) is 6.42 Å².